The maximum atomic E-state index is 10.5. The highest BCUT2D eigenvalue weighted by Gasteiger charge is 2.03. The topological polar surface area (TPSA) is 82.1 Å². The lowest BCUT2D eigenvalue weighted by Crippen LogP contribution is -2.13. The van der Waals surface area contributed by atoms with E-state index in [2.05, 4.69) is 13.8 Å². The third-order valence-corrected chi connectivity index (χ3v) is 3.94. The van der Waals surface area contributed by atoms with Gasteiger partial charge in [-0.25, -0.2) is 0 Å². The quantitative estimate of drug-likeness (QED) is 0.343. The molecular weight excluding hydrogens is 308 g/mol. The fourth-order valence-electron chi connectivity index (χ4n) is 1.85. The van der Waals surface area contributed by atoms with E-state index in [-0.39, 0.29) is 5.75 Å². The Hall–Kier alpha value is -0.210. The molecule has 7 heteroatoms. The number of unbranched alkanes of at least 4 members (excludes halogenated alkanes) is 2. The van der Waals surface area contributed by atoms with Gasteiger partial charge in [0, 0.05) is 13.2 Å². The maximum Gasteiger partial charge on any atom is 0.264 e. The van der Waals surface area contributed by atoms with Gasteiger partial charge in [0.2, 0.25) is 0 Å². The Kier molecular flexibility index (Phi) is 14.2. The standard InChI is InChI=1S/C15H32O6S/c1-3-4-7-15(2)14-21-12-11-20-10-9-19-8-5-6-13-22(16,17)18/h15H,3-14H2,1-2H3,(H,16,17,18). The normalized spacial score (nSPS) is 13.4. The molecule has 1 N–H and O–H groups in total. The summed E-state index contributed by atoms with van der Waals surface area (Å²) in [5.41, 5.74) is 0. The van der Waals surface area contributed by atoms with Crippen LogP contribution in [0, 0.1) is 5.92 Å². The van der Waals surface area contributed by atoms with E-state index < -0.39 is 10.1 Å². The average molecular weight is 340 g/mol. The second-order valence-corrected chi connectivity index (χ2v) is 7.11. The number of ether oxygens (including phenoxy) is 3. The van der Waals surface area contributed by atoms with Crippen molar-refractivity contribution in [2.45, 2.75) is 46.0 Å². The monoisotopic (exact) mass is 340 g/mol. The van der Waals surface area contributed by atoms with Gasteiger partial charge in [-0.15, -0.1) is 0 Å². The molecule has 0 amide bonds. The predicted molar refractivity (Wildman–Crippen MR) is 86.8 cm³/mol. The van der Waals surface area contributed by atoms with E-state index >= 15 is 0 Å². The minimum absolute atomic E-state index is 0.207. The van der Waals surface area contributed by atoms with Gasteiger partial charge in [-0.3, -0.25) is 4.55 Å². The summed E-state index contributed by atoms with van der Waals surface area (Å²) in [7, 11) is -3.84. The number of rotatable bonds is 16. The van der Waals surface area contributed by atoms with Crippen molar-refractivity contribution in [1.82, 2.24) is 0 Å². The summed E-state index contributed by atoms with van der Waals surface area (Å²) in [4.78, 5) is 0. The molecule has 1 unspecified atom stereocenters. The third kappa shape index (κ3) is 17.8. The first-order valence-electron chi connectivity index (χ1n) is 8.14. The first kappa shape index (κ1) is 21.8. The van der Waals surface area contributed by atoms with E-state index in [0.29, 0.717) is 51.8 Å². The van der Waals surface area contributed by atoms with Gasteiger partial charge in [0.05, 0.1) is 32.2 Å². The zero-order chi connectivity index (χ0) is 16.7. The van der Waals surface area contributed by atoms with Crippen LogP contribution in [-0.2, 0) is 24.3 Å². The van der Waals surface area contributed by atoms with Crippen molar-refractivity contribution in [3.05, 3.63) is 0 Å². The van der Waals surface area contributed by atoms with Gasteiger partial charge in [0.25, 0.3) is 10.1 Å². The summed E-state index contributed by atoms with van der Waals surface area (Å²) < 4.78 is 45.7. The molecule has 0 aliphatic rings. The molecule has 0 aromatic carbocycles. The van der Waals surface area contributed by atoms with Crippen molar-refractivity contribution in [1.29, 1.82) is 0 Å². The fraction of sp³-hybridized carbons (Fsp3) is 1.00. The van der Waals surface area contributed by atoms with Crippen LogP contribution in [-0.4, -0.2) is 58.4 Å². The summed E-state index contributed by atoms with van der Waals surface area (Å²) in [5.74, 6) is 0.395. The molecule has 0 saturated carbocycles. The van der Waals surface area contributed by atoms with Crippen molar-refractivity contribution in [2.75, 3.05) is 45.4 Å². The lowest BCUT2D eigenvalue weighted by Gasteiger charge is -2.11. The summed E-state index contributed by atoms with van der Waals surface area (Å²) >= 11 is 0. The van der Waals surface area contributed by atoms with E-state index in [1.54, 1.807) is 0 Å². The van der Waals surface area contributed by atoms with Gasteiger partial charge in [-0.2, -0.15) is 8.42 Å². The molecule has 0 aromatic rings. The Morgan fingerprint density at radius 2 is 1.50 bits per heavy atom. The van der Waals surface area contributed by atoms with Gasteiger partial charge in [-0.05, 0) is 25.2 Å². The predicted octanol–water partition coefficient (Wildman–Crippen LogP) is 2.53. The average Bonchev–Trinajstić information content (AvgIpc) is 2.45. The van der Waals surface area contributed by atoms with Crippen LogP contribution in [0.25, 0.3) is 0 Å². The van der Waals surface area contributed by atoms with Crippen LogP contribution in [0.15, 0.2) is 0 Å². The molecule has 0 fully saturated rings. The molecule has 0 saturated heterocycles. The summed E-state index contributed by atoms with van der Waals surface area (Å²) in [6.07, 6.45) is 4.71. The van der Waals surface area contributed by atoms with Crippen LogP contribution in [0.5, 0.6) is 0 Å². The smallest absolute Gasteiger partial charge is 0.264 e. The minimum Gasteiger partial charge on any atom is -0.379 e. The van der Waals surface area contributed by atoms with Crippen LogP contribution in [0.1, 0.15) is 46.0 Å². The van der Waals surface area contributed by atoms with Gasteiger partial charge in [0.15, 0.2) is 0 Å². The number of hydrogen-bond acceptors (Lipinski definition) is 5. The summed E-state index contributed by atoms with van der Waals surface area (Å²) in [6, 6.07) is 0. The van der Waals surface area contributed by atoms with Gasteiger partial charge in [0.1, 0.15) is 0 Å². The van der Waals surface area contributed by atoms with E-state index in [0.717, 1.165) is 6.61 Å². The Bertz CT molecular complexity index is 331. The highest BCUT2D eigenvalue weighted by molar-refractivity contribution is 7.85. The molecule has 134 valence electrons. The minimum atomic E-state index is -3.84. The molecule has 0 aromatic heterocycles. The van der Waals surface area contributed by atoms with Crippen molar-refractivity contribution >= 4 is 10.1 Å². The van der Waals surface area contributed by atoms with E-state index in [4.69, 9.17) is 18.8 Å². The summed E-state index contributed by atoms with van der Waals surface area (Å²) in [5, 5.41) is 0. The second-order valence-electron chi connectivity index (χ2n) is 5.54. The molecule has 0 aliphatic heterocycles. The Labute approximate surface area is 135 Å². The third-order valence-electron chi connectivity index (χ3n) is 3.14. The van der Waals surface area contributed by atoms with Crippen LogP contribution >= 0.6 is 0 Å². The van der Waals surface area contributed by atoms with E-state index in [1.807, 2.05) is 0 Å². The van der Waals surface area contributed by atoms with Gasteiger partial charge in [-0.1, -0.05) is 26.7 Å². The van der Waals surface area contributed by atoms with E-state index in [1.165, 1.54) is 19.3 Å². The molecule has 0 aliphatic carbocycles. The first-order valence-corrected chi connectivity index (χ1v) is 9.75. The van der Waals surface area contributed by atoms with E-state index in [9.17, 15) is 8.42 Å². The van der Waals surface area contributed by atoms with Crippen molar-refractivity contribution in [2.24, 2.45) is 5.92 Å². The lowest BCUT2D eigenvalue weighted by molar-refractivity contribution is 0.00746. The molecule has 1 atom stereocenters. The van der Waals surface area contributed by atoms with Crippen molar-refractivity contribution in [3.8, 4) is 0 Å². The zero-order valence-corrected chi connectivity index (χ0v) is 14.8. The Balaban J connectivity index is 3.14. The molecular formula is C15H32O6S. The Morgan fingerprint density at radius 3 is 2.09 bits per heavy atom. The SMILES string of the molecule is CCCCC(C)COCCOCCOCCCCS(=O)(=O)O. The van der Waals surface area contributed by atoms with Gasteiger partial charge >= 0.3 is 0 Å². The molecule has 0 rings (SSSR count). The van der Waals surface area contributed by atoms with Crippen LogP contribution in [0.4, 0.5) is 0 Å². The molecule has 0 heterocycles. The number of hydrogen-bond donors (Lipinski definition) is 1. The molecule has 6 nitrogen and oxygen atoms in total. The van der Waals surface area contributed by atoms with Crippen LogP contribution < -0.4 is 0 Å². The highest BCUT2D eigenvalue weighted by atomic mass is 32.2. The maximum absolute atomic E-state index is 10.5. The van der Waals surface area contributed by atoms with Gasteiger partial charge < -0.3 is 14.2 Å². The second kappa shape index (κ2) is 14.4. The largest absolute Gasteiger partial charge is 0.379 e. The molecule has 0 radical (unpaired) electrons. The molecule has 0 bridgehead atoms. The molecule has 22 heavy (non-hydrogen) atoms. The zero-order valence-electron chi connectivity index (χ0n) is 14.0. The first-order chi connectivity index (χ1) is 10.5. The van der Waals surface area contributed by atoms with Crippen molar-refractivity contribution in [3.63, 3.8) is 0 Å². The fourth-order valence-corrected chi connectivity index (χ4v) is 2.42. The van der Waals surface area contributed by atoms with Crippen LogP contribution in [0.2, 0.25) is 0 Å². The lowest BCUT2D eigenvalue weighted by atomic mass is 10.1. The van der Waals surface area contributed by atoms with Crippen molar-refractivity contribution < 1.29 is 27.2 Å². The molecule has 0 spiro atoms. The highest BCUT2D eigenvalue weighted by Crippen LogP contribution is 2.07. The van der Waals surface area contributed by atoms with Crippen LogP contribution in [0.3, 0.4) is 0 Å². The Morgan fingerprint density at radius 1 is 0.909 bits per heavy atom. The summed E-state index contributed by atoms with van der Waals surface area (Å²) in [6.45, 7) is 7.81.